The molecular formula is C58H36N2O2. The molecule has 0 fully saturated rings. The van der Waals surface area contributed by atoms with Crippen LogP contribution in [0.25, 0.3) is 104 Å². The van der Waals surface area contributed by atoms with Gasteiger partial charge in [0.2, 0.25) is 0 Å². The predicted octanol–water partition coefficient (Wildman–Crippen LogP) is 16.5. The fourth-order valence-electron chi connectivity index (χ4n) is 9.69. The Labute approximate surface area is 356 Å². The topological polar surface area (TPSA) is 34.5 Å². The Hall–Kier alpha value is -8.34. The number of rotatable bonds is 6. The Balaban J connectivity index is 0.973. The molecule has 62 heavy (non-hydrogen) atoms. The summed E-state index contributed by atoms with van der Waals surface area (Å²) in [5.41, 5.74) is 14.8. The number of anilines is 3. The Morgan fingerprint density at radius 2 is 1.00 bits per heavy atom. The van der Waals surface area contributed by atoms with Gasteiger partial charge in [-0.15, -0.1) is 0 Å². The van der Waals surface area contributed by atoms with E-state index >= 15 is 0 Å². The summed E-state index contributed by atoms with van der Waals surface area (Å²) in [5, 5.41) is 9.14. The van der Waals surface area contributed by atoms with Crippen molar-refractivity contribution in [3.63, 3.8) is 0 Å². The summed E-state index contributed by atoms with van der Waals surface area (Å²) in [7, 11) is 0. The summed E-state index contributed by atoms with van der Waals surface area (Å²) >= 11 is 0. The number of hydrogen-bond donors (Lipinski definition) is 0. The number of furan rings is 2. The minimum atomic E-state index is 0.854. The smallest absolute Gasteiger partial charge is 0.143 e. The van der Waals surface area contributed by atoms with Crippen LogP contribution in [0.5, 0.6) is 0 Å². The predicted molar refractivity (Wildman–Crippen MR) is 258 cm³/mol. The average Bonchev–Trinajstić information content (AvgIpc) is 4.02. The maximum Gasteiger partial charge on any atom is 0.143 e. The van der Waals surface area contributed by atoms with Crippen LogP contribution in [0, 0.1) is 0 Å². The van der Waals surface area contributed by atoms with Gasteiger partial charge in [0.25, 0.3) is 0 Å². The van der Waals surface area contributed by atoms with E-state index in [-0.39, 0.29) is 0 Å². The molecule has 0 saturated carbocycles. The fraction of sp³-hybridized carbons (Fsp3) is 0. The van der Waals surface area contributed by atoms with Crippen molar-refractivity contribution in [2.45, 2.75) is 0 Å². The van der Waals surface area contributed by atoms with Gasteiger partial charge in [0.15, 0.2) is 0 Å². The molecule has 13 rings (SSSR count). The molecule has 3 aromatic heterocycles. The fourth-order valence-corrected chi connectivity index (χ4v) is 9.69. The third-order valence-corrected chi connectivity index (χ3v) is 12.6. The number of fused-ring (bicyclic) bond motifs is 11. The molecule has 4 heteroatoms. The van der Waals surface area contributed by atoms with E-state index in [4.69, 9.17) is 8.83 Å². The van der Waals surface area contributed by atoms with Gasteiger partial charge in [-0.2, -0.15) is 0 Å². The van der Waals surface area contributed by atoms with Gasteiger partial charge in [-0.1, -0.05) is 127 Å². The lowest BCUT2D eigenvalue weighted by Crippen LogP contribution is -2.10. The molecule has 290 valence electrons. The van der Waals surface area contributed by atoms with Gasteiger partial charge < -0.3 is 18.3 Å². The SMILES string of the molecule is c1ccc(-n2c3ccccc3c3cc(-c4ccc(N(c5cccc(-c6ccc7oc8ccccc8c7c6)c5)c5cccc6oc7c8ccccc8ccc7c56)cc4)ccc32)cc1. The lowest BCUT2D eigenvalue weighted by Gasteiger charge is -2.27. The summed E-state index contributed by atoms with van der Waals surface area (Å²) in [5.74, 6) is 0. The average molecular weight is 793 g/mol. The zero-order chi connectivity index (χ0) is 40.7. The van der Waals surface area contributed by atoms with Crippen LogP contribution in [0.3, 0.4) is 0 Å². The van der Waals surface area contributed by atoms with E-state index in [1.807, 2.05) is 12.1 Å². The second-order valence-corrected chi connectivity index (χ2v) is 16.1. The van der Waals surface area contributed by atoms with E-state index in [1.165, 1.54) is 27.4 Å². The third kappa shape index (κ3) is 5.33. The molecule has 3 heterocycles. The minimum Gasteiger partial charge on any atom is -0.456 e. The van der Waals surface area contributed by atoms with E-state index in [9.17, 15) is 0 Å². The van der Waals surface area contributed by atoms with E-state index in [0.29, 0.717) is 0 Å². The molecule has 4 nitrogen and oxygen atoms in total. The van der Waals surface area contributed by atoms with Crippen molar-refractivity contribution >= 4 is 93.5 Å². The number of para-hydroxylation sites is 3. The van der Waals surface area contributed by atoms with Gasteiger partial charge in [-0.3, -0.25) is 0 Å². The molecular weight excluding hydrogens is 757 g/mol. The number of hydrogen-bond acceptors (Lipinski definition) is 3. The maximum atomic E-state index is 6.72. The summed E-state index contributed by atoms with van der Waals surface area (Å²) in [6.07, 6.45) is 0. The minimum absolute atomic E-state index is 0.854. The maximum absolute atomic E-state index is 6.72. The molecule has 13 aromatic rings. The van der Waals surface area contributed by atoms with Gasteiger partial charge in [0, 0.05) is 49.4 Å². The van der Waals surface area contributed by atoms with Gasteiger partial charge in [0.1, 0.15) is 22.3 Å². The van der Waals surface area contributed by atoms with Crippen LogP contribution >= 0.6 is 0 Å². The highest BCUT2D eigenvalue weighted by molar-refractivity contribution is 6.20. The van der Waals surface area contributed by atoms with Crippen LogP contribution in [0.1, 0.15) is 0 Å². The van der Waals surface area contributed by atoms with E-state index in [0.717, 1.165) is 94.1 Å². The first kappa shape index (κ1) is 34.5. The molecule has 0 aliphatic rings. The first-order valence-electron chi connectivity index (χ1n) is 21.1. The highest BCUT2D eigenvalue weighted by Gasteiger charge is 2.22. The normalized spacial score (nSPS) is 11.9. The Morgan fingerprint density at radius 3 is 1.90 bits per heavy atom. The van der Waals surface area contributed by atoms with Crippen molar-refractivity contribution in [3.8, 4) is 27.9 Å². The zero-order valence-electron chi connectivity index (χ0n) is 33.5. The van der Waals surface area contributed by atoms with Crippen LogP contribution in [0.2, 0.25) is 0 Å². The van der Waals surface area contributed by atoms with Crippen molar-refractivity contribution in [3.05, 3.63) is 218 Å². The Morgan fingerprint density at radius 1 is 0.339 bits per heavy atom. The summed E-state index contributed by atoms with van der Waals surface area (Å²) in [6.45, 7) is 0. The largest absolute Gasteiger partial charge is 0.456 e. The molecule has 0 amide bonds. The standard InChI is InChI=1S/C58H36N2O2/c1-2-14-42(15-3-1)60-51-20-8-6-18-46(51)49-35-40(27-32-52(49)60)37-24-29-43(30-25-37)59(53-21-11-23-56-57(53)48-31-26-38-12-4-5-17-45(38)58(48)62-56)44-16-10-13-39(34-44)41-28-33-55-50(36-41)47-19-7-9-22-54(47)61-55/h1-36H. The van der Waals surface area contributed by atoms with Crippen molar-refractivity contribution in [2.75, 3.05) is 4.90 Å². The monoisotopic (exact) mass is 792 g/mol. The molecule has 0 atom stereocenters. The molecule has 0 bridgehead atoms. The second kappa shape index (κ2) is 13.6. The van der Waals surface area contributed by atoms with Crippen LogP contribution in [-0.4, -0.2) is 4.57 Å². The van der Waals surface area contributed by atoms with Crippen LogP contribution in [-0.2, 0) is 0 Å². The van der Waals surface area contributed by atoms with Crippen LogP contribution < -0.4 is 4.90 Å². The molecule has 0 N–H and O–H groups in total. The first-order valence-corrected chi connectivity index (χ1v) is 21.1. The van der Waals surface area contributed by atoms with Gasteiger partial charge in [0.05, 0.1) is 22.1 Å². The number of benzene rings is 10. The van der Waals surface area contributed by atoms with E-state index in [2.05, 4.69) is 216 Å². The first-order chi connectivity index (χ1) is 30.7. The lowest BCUT2D eigenvalue weighted by atomic mass is 10.00. The van der Waals surface area contributed by atoms with Crippen molar-refractivity contribution in [1.82, 2.24) is 4.57 Å². The number of aromatic nitrogens is 1. The van der Waals surface area contributed by atoms with Crippen LogP contribution in [0.4, 0.5) is 17.1 Å². The molecule has 0 unspecified atom stereocenters. The molecule has 0 saturated heterocycles. The molecule has 0 spiro atoms. The van der Waals surface area contributed by atoms with E-state index in [1.54, 1.807) is 0 Å². The van der Waals surface area contributed by atoms with Gasteiger partial charge in [-0.05, 0) is 119 Å². The Kier molecular flexibility index (Phi) is 7.57. The van der Waals surface area contributed by atoms with E-state index < -0.39 is 0 Å². The van der Waals surface area contributed by atoms with Crippen molar-refractivity contribution in [2.24, 2.45) is 0 Å². The quantitative estimate of drug-likeness (QED) is 0.168. The molecule has 0 radical (unpaired) electrons. The van der Waals surface area contributed by atoms with Gasteiger partial charge in [-0.25, -0.2) is 0 Å². The van der Waals surface area contributed by atoms with Gasteiger partial charge >= 0.3 is 0 Å². The highest BCUT2D eigenvalue weighted by Crippen LogP contribution is 2.46. The molecule has 0 aliphatic carbocycles. The number of nitrogens with zero attached hydrogens (tertiary/aromatic N) is 2. The summed E-state index contributed by atoms with van der Waals surface area (Å²) in [6, 6.07) is 78.1. The lowest BCUT2D eigenvalue weighted by molar-refractivity contribution is 0.669. The highest BCUT2D eigenvalue weighted by atomic mass is 16.3. The van der Waals surface area contributed by atoms with Crippen molar-refractivity contribution < 1.29 is 8.83 Å². The molecule has 10 aromatic carbocycles. The molecule has 0 aliphatic heterocycles. The summed E-state index contributed by atoms with van der Waals surface area (Å²) in [4.78, 5) is 2.38. The van der Waals surface area contributed by atoms with Crippen molar-refractivity contribution in [1.29, 1.82) is 0 Å². The third-order valence-electron chi connectivity index (χ3n) is 12.6. The Bertz CT molecular complexity index is 3870. The second-order valence-electron chi connectivity index (χ2n) is 16.1. The summed E-state index contributed by atoms with van der Waals surface area (Å²) < 4.78 is 15.3. The zero-order valence-corrected chi connectivity index (χ0v) is 33.5. The van der Waals surface area contributed by atoms with Crippen LogP contribution in [0.15, 0.2) is 227 Å².